The molecule has 1 saturated heterocycles. The Kier molecular flexibility index (Phi) is 5.56. The minimum Gasteiger partial charge on any atom is -0.355 e. The van der Waals surface area contributed by atoms with Crippen molar-refractivity contribution in [1.29, 1.82) is 0 Å². The summed E-state index contributed by atoms with van der Waals surface area (Å²) >= 11 is 0. The van der Waals surface area contributed by atoms with Gasteiger partial charge in [0.25, 0.3) is 5.91 Å². The van der Waals surface area contributed by atoms with Crippen LogP contribution in [0.15, 0.2) is 48.9 Å². The Morgan fingerprint density at radius 3 is 2.63 bits per heavy atom. The Bertz CT molecular complexity index is 1080. The van der Waals surface area contributed by atoms with Gasteiger partial charge in [0.15, 0.2) is 5.82 Å². The lowest BCUT2D eigenvalue weighted by Gasteiger charge is -2.23. The van der Waals surface area contributed by atoms with Crippen molar-refractivity contribution in [2.24, 2.45) is 7.05 Å². The van der Waals surface area contributed by atoms with Gasteiger partial charge in [-0.3, -0.25) is 14.6 Å². The number of rotatable bonds is 4. The fourth-order valence-electron chi connectivity index (χ4n) is 3.65. The van der Waals surface area contributed by atoms with Crippen LogP contribution in [0.1, 0.15) is 40.2 Å². The molecule has 3 aromatic rings. The predicted octanol–water partition coefficient (Wildman–Crippen LogP) is 2.35. The molecule has 4 heterocycles. The van der Waals surface area contributed by atoms with Crippen molar-refractivity contribution in [2.75, 3.05) is 31.1 Å². The van der Waals surface area contributed by atoms with E-state index in [4.69, 9.17) is 0 Å². The van der Waals surface area contributed by atoms with Crippen LogP contribution in [-0.4, -0.2) is 62.3 Å². The molecule has 1 aliphatic rings. The highest BCUT2D eigenvalue weighted by molar-refractivity contribution is 6.08. The van der Waals surface area contributed by atoms with E-state index >= 15 is 0 Å². The van der Waals surface area contributed by atoms with Crippen molar-refractivity contribution < 1.29 is 11.0 Å². The molecule has 0 aromatic carbocycles. The summed E-state index contributed by atoms with van der Waals surface area (Å²) < 4.78 is 1.74. The largest absolute Gasteiger partial charge is 0.355 e. The van der Waals surface area contributed by atoms with Crippen LogP contribution in [0.3, 0.4) is 0 Å². The highest BCUT2D eigenvalue weighted by Gasteiger charge is 2.24. The lowest BCUT2D eigenvalue weighted by Crippen LogP contribution is -2.36. The summed E-state index contributed by atoms with van der Waals surface area (Å²) in [5.74, 6) is 0.992. The van der Waals surface area contributed by atoms with E-state index in [1.54, 1.807) is 41.4 Å². The molecule has 1 aliphatic heterocycles. The van der Waals surface area contributed by atoms with Gasteiger partial charge in [0.2, 0.25) is 5.78 Å². The van der Waals surface area contributed by atoms with Gasteiger partial charge >= 0.3 is 0 Å². The number of nitrogens with zero attached hydrogens (tertiary/aromatic N) is 6. The van der Waals surface area contributed by atoms with Crippen molar-refractivity contribution >= 4 is 17.5 Å². The van der Waals surface area contributed by atoms with Gasteiger partial charge in [-0.05, 0) is 37.6 Å². The second-order valence-electron chi connectivity index (χ2n) is 7.34. The van der Waals surface area contributed by atoms with Gasteiger partial charge in [-0.1, -0.05) is 6.07 Å². The van der Waals surface area contributed by atoms with E-state index in [-0.39, 0.29) is 13.1 Å². The van der Waals surface area contributed by atoms with E-state index in [9.17, 15) is 9.59 Å². The fourth-order valence-corrected chi connectivity index (χ4v) is 3.65. The topological polar surface area (TPSA) is 84.2 Å². The number of anilines is 1. The summed E-state index contributed by atoms with van der Waals surface area (Å²) in [6.45, 7) is 4.47. The molecule has 3 aromatic heterocycles. The molecule has 1 amide bonds. The Morgan fingerprint density at radius 2 is 1.87 bits per heavy atom. The number of hydrogen-bond donors (Lipinski definition) is 0. The Labute approximate surface area is 176 Å². The van der Waals surface area contributed by atoms with Crippen molar-refractivity contribution in [3.8, 4) is 0 Å². The second kappa shape index (κ2) is 8.44. The molecule has 0 bridgehead atoms. The SMILES string of the molecule is Cc1ncccc1C(=O)c1cccc(N2CCCN(C(=O)c3nccn3C)CC2)n1.[HH]. The van der Waals surface area contributed by atoms with Gasteiger partial charge in [-0.25, -0.2) is 9.97 Å². The van der Waals surface area contributed by atoms with Crippen molar-refractivity contribution in [2.45, 2.75) is 13.3 Å². The molecule has 156 valence electrons. The van der Waals surface area contributed by atoms with Crippen LogP contribution in [0.2, 0.25) is 0 Å². The maximum absolute atomic E-state index is 12.9. The van der Waals surface area contributed by atoms with Gasteiger partial charge in [0.1, 0.15) is 11.5 Å². The third-order valence-corrected chi connectivity index (χ3v) is 5.34. The van der Waals surface area contributed by atoms with Crippen molar-refractivity contribution in [3.63, 3.8) is 0 Å². The number of pyridine rings is 2. The zero-order valence-electron chi connectivity index (χ0n) is 17.2. The predicted molar refractivity (Wildman–Crippen MR) is 115 cm³/mol. The highest BCUT2D eigenvalue weighted by Crippen LogP contribution is 2.18. The van der Waals surface area contributed by atoms with E-state index in [2.05, 4.69) is 19.9 Å². The second-order valence-corrected chi connectivity index (χ2v) is 7.34. The van der Waals surface area contributed by atoms with Crippen LogP contribution < -0.4 is 4.90 Å². The molecule has 0 N–H and O–H groups in total. The van der Waals surface area contributed by atoms with Crippen LogP contribution in [0.5, 0.6) is 0 Å². The van der Waals surface area contributed by atoms with Crippen molar-refractivity contribution in [3.05, 3.63) is 71.7 Å². The number of ketones is 1. The fraction of sp³-hybridized carbons (Fsp3) is 0.318. The van der Waals surface area contributed by atoms with Crippen LogP contribution in [0.25, 0.3) is 0 Å². The maximum atomic E-state index is 12.9. The standard InChI is InChI=1S/C22H24N6O2.H2/c1-16-17(6-4-9-23-16)20(29)18-7-3-8-19(25-18)27-11-5-12-28(15-14-27)22(30)21-24-10-13-26(21)2;/h3-4,6-10,13H,5,11-12,14-15H2,1-2H3;1H. The van der Waals surface area contributed by atoms with E-state index in [1.165, 1.54) is 0 Å². The maximum Gasteiger partial charge on any atom is 0.289 e. The number of aryl methyl sites for hydroxylation is 2. The third kappa shape index (κ3) is 3.94. The van der Waals surface area contributed by atoms with Crippen molar-refractivity contribution in [1.82, 2.24) is 24.4 Å². The minimum atomic E-state index is -0.135. The molecule has 0 spiro atoms. The Hall–Kier alpha value is -3.55. The average molecular weight is 406 g/mol. The molecular weight excluding hydrogens is 380 g/mol. The molecule has 0 saturated carbocycles. The van der Waals surface area contributed by atoms with Crippen LogP contribution in [0, 0.1) is 6.92 Å². The summed E-state index contributed by atoms with van der Waals surface area (Å²) in [6.07, 6.45) is 5.89. The first-order valence-corrected chi connectivity index (χ1v) is 9.99. The van der Waals surface area contributed by atoms with Gasteiger partial charge in [0, 0.05) is 64.5 Å². The van der Waals surface area contributed by atoms with Crippen LogP contribution in [0.4, 0.5) is 5.82 Å². The number of amides is 1. The van der Waals surface area contributed by atoms with Crippen LogP contribution >= 0.6 is 0 Å². The van der Waals surface area contributed by atoms with Gasteiger partial charge in [-0.15, -0.1) is 0 Å². The Balaban J connectivity index is 0.00000272. The number of imidazole rings is 1. The first-order chi connectivity index (χ1) is 14.5. The zero-order chi connectivity index (χ0) is 21.1. The van der Waals surface area contributed by atoms with Gasteiger partial charge in [0.05, 0.1) is 0 Å². The zero-order valence-corrected chi connectivity index (χ0v) is 17.2. The average Bonchev–Trinajstić information content (AvgIpc) is 3.04. The molecule has 0 unspecified atom stereocenters. The molecule has 0 radical (unpaired) electrons. The molecule has 8 heteroatoms. The molecule has 0 aliphatic carbocycles. The van der Waals surface area contributed by atoms with Crippen LogP contribution in [-0.2, 0) is 7.05 Å². The summed E-state index contributed by atoms with van der Waals surface area (Å²) in [4.78, 5) is 42.6. The molecule has 0 atom stereocenters. The molecule has 1 fully saturated rings. The Morgan fingerprint density at radius 1 is 1.00 bits per heavy atom. The van der Waals surface area contributed by atoms with Gasteiger partial charge in [-0.2, -0.15) is 0 Å². The quantitative estimate of drug-likeness (QED) is 0.619. The normalized spacial score (nSPS) is 14.5. The number of hydrogen-bond acceptors (Lipinski definition) is 6. The third-order valence-electron chi connectivity index (χ3n) is 5.34. The molecule has 8 nitrogen and oxygen atoms in total. The van der Waals surface area contributed by atoms with E-state index in [0.717, 1.165) is 18.8 Å². The monoisotopic (exact) mass is 406 g/mol. The molecule has 4 rings (SSSR count). The van der Waals surface area contributed by atoms with E-state index in [0.29, 0.717) is 42.4 Å². The first kappa shape index (κ1) is 19.8. The number of aromatic nitrogens is 4. The van der Waals surface area contributed by atoms with E-state index in [1.807, 2.05) is 31.0 Å². The summed E-state index contributed by atoms with van der Waals surface area (Å²) in [5, 5.41) is 0. The van der Waals surface area contributed by atoms with Gasteiger partial charge < -0.3 is 14.4 Å². The minimum absolute atomic E-state index is 0. The summed E-state index contributed by atoms with van der Waals surface area (Å²) in [7, 11) is 1.82. The molecule has 30 heavy (non-hydrogen) atoms. The lowest BCUT2D eigenvalue weighted by atomic mass is 10.1. The highest BCUT2D eigenvalue weighted by atomic mass is 16.2. The number of carbonyl (C=O) groups is 2. The molecular formula is C22H26N6O2. The van der Waals surface area contributed by atoms with E-state index < -0.39 is 0 Å². The summed E-state index contributed by atoms with van der Waals surface area (Å²) in [5.41, 5.74) is 1.64. The lowest BCUT2D eigenvalue weighted by molar-refractivity contribution is 0.0751. The first-order valence-electron chi connectivity index (χ1n) is 9.99. The smallest absolute Gasteiger partial charge is 0.289 e. The number of carbonyl (C=O) groups excluding carboxylic acids is 2. The summed E-state index contributed by atoms with van der Waals surface area (Å²) in [6, 6.07) is 9.01.